The number of hydrogen-bond donors (Lipinski definition) is 1. The number of rotatable bonds is 4. The number of hydrogen-bond acceptors (Lipinski definition) is 6. The molecular weight excluding hydrogens is 370 g/mol. The van der Waals surface area contributed by atoms with E-state index in [1.54, 1.807) is 36.4 Å². The van der Waals surface area contributed by atoms with Crippen LogP contribution in [0.2, 0.25) is 0 Å². The van der Waals surface area contributed by atoms with Gasteiger partial charge in [-0.3, -0.25) is 9.59 Å². The molecule has 0 unspecified atom stereocenters. The Hall–Kier alpha value is -3.61. The SMILES string of the molecule is Cc1nc2ccc(C(=O)OCC(=O)c3ccc4c(c3)CCC(=O)N4)cc2nc1C. The lowest BCUT2D eigenvalue weighted by atomic mass is 9.99. The molecule has 3 aromatic rings. The number of ketones is 1. The van der Waals surface area contributed by atoms with Gasteiger partial charge in [0.15, 0.2) is 12.4 Å². The van der Waals surface area contributed by atoms with Gasteiger partial charge < -0.3 is 10.1 Å². The Bertz CT molecular complexity index is 1170. The van der Waals surface area contributed by atoms with Crippen LogP contribution in [-0.4, -0.2) is 34.2 Å². The third-order valence-corrected chi connectivity index (χ3v) is 4.97. The summed E-state index contributed by atoms with van der Waals surface area (Å²) in [5.41, 5.74) is 5.31. The summed E-state index contributed by atoms with van der Waals surface area (Å²) in [6.45, 7) is 3.38. The van der Waals surface area contributed by atoms with Gasteiger partial charge in [0.25, 0.3) is 0 Å². The quantitative estimate of drug-likeness (QED) is 0.544. The minimum absolute atomic E-state index is 0.0315. The third-order valence-electron chi connectivity index (χ3n) is 4.97. The molecule has 0 saturated carbocycles. The maximum atomic E-state index is 12.4. The molecular formula is C22H19N3O4. The zero-order chi connectivity index (χ0) is 20.5. The van der Waals surface area contributed by atoms with Gasteiger partial charge in [-0.1, -0.05) is 0 Å². The van der Waals surface area contributed by atoms with Gasteiger partial charge in [0, 0.05) is 17.7 Å². The van der Waals surface area contributed by atoms with E-state index in [2.05, 4.69) is 15.3 Å². The normalized spacial score (nSPS) is 13.0. The minimum Gasteiger partial charge on any atom is -0.454 e. The number of carbonyl (C=O) groups excluding carboxylic acids is 3. The highest BCUT2D eigenvalue weighted by atomic mass is 16.5. The van der Waals surface area contributed by atoms with Crippen LogP contribution in [-0.2, 0) is 16.0 Å². The van der Waals surface area contributed by atoms with Gasteiger partial charge in [-0.15, -0.1) is 0 Å². The standard InChI is InChI=1S/C22H19N3O4/c1-12-13(2)24-19-10-16(4-7-18(19)23-12)22(28)29-11-20(26)15-3-6-17-14(9-15)5-8-21(27)25-17/h3-4,6-7,9-10H,5,8,11H2,1-2H3,(H,25,27). The molecule has 0 atom stereocenters. The molecule has 2 heterocycles. The van der Waals surface area contributed by atoms with Gasteiger partial charge in [0.1, 0.15) is 0 Å². The summed E-state index contributed by atoms with van der Waals surface area (Å²) in [5, 5.41) is 2.77. The monoisotopic (exact) mass is 389 g/mol. The molecule has 146 valence electrons. The number of aryl methyl sites for hydroxylation is 3. The molecule has 7 nitrogen and oxygen atoms in total. The van der Waals surface area contributed by atoms with Crippen LogP contribution in [0.5, 0.6) is 0 Å². The molecule has 0 spiro atoms. The maximum Gasteiger partial charge on any atom is 0.338 e. The predicted molar refractivity (Wildman–Crippen MR) is 107 cm³/mol. The van der Waals surface area contributed by atoms with Gasteiger partial charge >= 0.3 is 5.97 Å². The highest BCUT2D eigenvalue weighted by Gasteiger charge is 2.18. The molecule has 1 aliphatic rings. The Labute approximate surface area is 167 Å². The van der Waals surface area contributed by atoms with Gasteiger partial charge in [-0.2, -0.15) is 0 Å². The van der Waals surface area contributed by atoms with Crippen molar-refractivity contribution in [1.82, 2.24) is 9.97 Å². The Morgan fingerprint density at radius 2 is 1.69 bits per heavy atom. The fourth-order valence-corrected chi connectivity index (χ4v) is 3.21. The number of benzene rings is 2. The summed E-state index contributed by atoms with van der Waals surface area (Å²) in [6, 6.07) is 10.0. The number of fused-ring (bicyclic) bond motifs is 2. The Morgan fingerprint density at radius 3 is 2.48 bits per heavy atom. The zero-order valence-corrected chi connectivity index (χ0v) is 16.1. The molecule has 1 aromatic heterocycles. The van der Waals surface area contributed by atoms with Gasteiger partial charge in [0.05, 0.1) is 28.0 Å². The summed E-state index contributed by atoms with van der Waals surface area (Å²) in [5.74, 6) is -0.925. The first-order chi connectivity index (χ1) is 13.9. The van der Waals surface area contributed by atoms with Crippen molar-refractivity contribution in [3.05, 3.63) is 64.5 Å². The fraction of sp³-hybridized carbons (Fsp3) is 0.227. The van der Waals surface area contributed by atoms with E-state index in [0.29, 0.717) is 35.0 Å². The van der Waals surface area contributed by atoms with Crippen LogP contribution in [0, 0.1) is 13.8 Å². The van der Waals surface area contributed by atoms with E-state index in [9.17, 15) is 14.4 Å². The number of Topliss-reactive ketones (excluding diaryl/α,β-unsaturated/α-hetero) is 1. The van der Waals surface area contributed by atoms with Crippen molar-refractivity contribution >= 4 is 34.4 Å². The van der Waals surface area contributed by atoms with E-state index in [0.717, 1.165) is 22.6 Å². The molecule has 4 rings (SSSR count). The maximum absolute atomic E-state index is 12.4. The molecule has 0 aliphatic carbocycles. The average Bonchev–Trinajstić information content (AvgIpc) is 2.71. The van der Waals surface area contributed by atoms with Crippen molar-refractivity contribution in [2.45, 2.75) is 26.7 Å². The van der Waals surface area contributed by atoms with Crippen molar-refractivity contribution < 1.29 is 19.1 Å². The molecule has 2 aromatic carbocycles. The number of nitrogens with zero attached hydrogens (tertiary/aromatic N) is 2. The van der Waals surface area contributed by atoms with E-state index in [4.69, 9.17) is 4.74 Å². The second-order valence-corrected chi connectivity index (χ2v) is 7.02. The van der Waals surface area contributed by atoms with Crippen molar-refractivity contribution in [2.75, 3.05) is 11.9 Å². The van der Waals surface area contributed by atoms with Crippen LogP contribution in [0.1, 0.15) is 44.1 Å². The molecule has 0 bridgehead atoms. The summed E-state index contributed by atoms with van der Waals surface area (Å²) in [4.78, 5) is 45.1. The fourth-order valence-electron chi connectivity index (χ4n) is 3.21. The van der Waals surface area contributed by atoms with Crippen LogP contribution >= 0.6 is 0 Å². The van der Waals surface area contributed by atoms with Gasteiger partial charge in [-0.05, 0) is 62.2 Å². The third kappa shape index (κ3) is 3.85. The summed E-state index contributed by atoms with van der Waals surface area (Å²) in [6.07, 6.45) is 0.975. The second kappa shape index (κ2) is 7.43. The number of aromatic nitrogens is 2. The van der Waals surface area contributed by atoms with E-state index < -0.39 is 5.97 Å². The number of amides is 1. The molecule has 1 amide bonds. The lowest BCUT2D eigenvalue weighted by molar-refractivity contribution is -0.116. The van der Waals surface area contributed by atoms with Crippen LogP contribution < -0.4 is 5.32 Å². The van der Waals surface area contributed by atoms with E-state index in [-0.39, 0.29) is 18.3 Å². The smallest absolute Gasteiger partial charge is 0.338 e. The second-order valence-electron chi connectivity index (χ2n) is 7.02. The minimum atomic E-state index is -0.592. The van der Waals surface area contributed by atoms with Crippen molar-refractivity contribution in [3.63, 3.8) is 0 Å². The number of ether oxygens (including phenoxy) is 1. The van der Waals surface area contributed by atoms with Crippen molar-refractivity contribution in [3.8, 4) is 0 Å². The van der Waals surface area contributed by atoms with E-state index >= 15 is 0 Å². The summed E-state index contributed by atoms with van der Waals surface area (Å²) < 4.78 is 5.20. The molecule has 0 radical (unpaired) electrons. The van der Waals surface area contributed by atoms with Crippen LogP contribution in [0.25, 0.3) is 11.0 Å². The number of esters is 1. The summed E-state index contributed by atoms with van der Waals surface area (Å²) in [7, 11) is 0. The Balaban J connectivity index is 1.45. The van der Waals surface area contributed by atoms with E-state index in [1.807, 2.05) is 13.8 Å². The molecule has 1 N–H and O–H groups in total. The molecule has 0 fully saturated rings. The van der Waals surface area contributed by atoms with Crippen LogP contribution in [0.3, 0.4) is 0 Å². The van der Waals surface area contributed by atoms with E-state index in [1.165, 1.54) is 0 Å². The topological polar surface area (TPSA) is 98.2 Å². The molecule has 7 heteroatoms. The lowest BCUT2D eigenvalue weighted by Gasteiger charge is -2.17. The van der Waals surface area contributed by atoms with Gasteiger partial charge in [-0.25, -0.2) is 14.8 Å². The average molecular weight is 389 g/mol. The highest BCUT2D eigenvalue weighted by molar-refractivity contribution is 6.01. The Kier molecular flexibility index (Phi) is 4.80. The number of carbonyl (C=O) groups is 3. The van der Waals surface area contributed by atoms with Crippen LogP contribution in [0.15, 0.2) is 36.4 Å². The van der Waals surface area contributed by atoms with Crippen LogP contribution in [0.4, 0.5) is 5.69 Å². The highest BCUT2D eigenvalue weighted by Crippen LogP contribution is 2.24. The first-order valence-electron chi connectivity index (χ1n) is 9.29. The summed E-state index contributed by atoms with van der Waals surface area (Å²) >= 11 is 0. The molecule has 0 saturated heterocycles. The molecule has 1 aliphatic heterocycles. The van der Waals surface area contributed by atoms with Gasteiger partial charge in [0.2, 0.25) is 5.91 Å². The first kappa shape index (κ1) is 18.7. The largest absolute Gasteiger partial charge is 0.454 e. The number of anilines is 1. The van der Waals surface area contributed by atoms with Crippen molar-refractivity contribution in [2.24, 2.45) is 0 Å². The Morgan fingerprint density at radius 1 is 0.966 bits per heavy atom. The predicted octanol–water partition coefficient (Wildman–Crippen LogP) is 3.17. The molecule has 29 heavy (non-hydrogen) atoms. The zero-order valence-electron chi connectivity index (χ0n) is 16.1. The number of nitrogens with one attached hydrogen (secondary N) is 1. The first-order valence-corrected chi connectivity index (χ1v) is 9.29. The lowest BCUT2D eigenvalue weighted by Crippen LogP contribution is -2.20. The van der Waals surface area contributed by atoms with Crippen molar-refractivity contribution in [1.29, 1.82) is 0 Å².